The summed E-state index contributed by atoms with van der Waals surface area (Å²) in [5, 5.41) is 5.07. The Labute approximate surface area is 113 Å². The van der Waals surface area contributed by atoms with Crippen molar-refractivity contribution in [2.24, 2.45) is 0 Å². The third kappa shape index (κ3) is 3.47. The summed E-state index contributed by atoms with van der Waals surface area (Å²) in [4.78, 5) is 11.4. The topological polar surface area (TPSA) is 38.3 Å². The summed E-state index contributed by atoms with van der Waals surface area (Å²) in [6.45, 7) is 4.37. The first-order valence-electron chi connectivity index (χ1n) is 6.62. The molecule has 0 aliphatic rings. The molecule has 3 heteroatoms. The molecule has 2 aromatic rings. The van der Waals surface area contributed by atoms with E-state index in [0.717, 1.165) is 6.42 Å². The molecule has 0 saturated heterocycles. The van der Waals surface area contributed by atoms with Crippen LogP contribution in [0.1, 0.15) is 19.4 Å². The predicted molar refractivity (Wildman–Crippen MR) is 77.3 cm³/mol. The van der Waals surface area contributed by atoms with Crippen LogP contribution < -0.4 is 5.32 Å². The average molecular weight is 257 g/mol. The van der Waals surface area contributed by atoms with E-state index in [2.05, 4.69) is 29.6 Å². The van der Waals surface area contributed by atoms with Gasteiger partial charge in [-0.3, -0.25) is 0 Å². The highest BCUT2D eigenvalue weighted by atomic mass is 16.6. The highest BCUT2D eigenvalue weighted by Gasteiger charge is 2.10. The Hall–Kier alpha value is -2.03. The third-order valence-electron chi connectivity index (χ3n) is 3.02. The van der Waals surface area contributed by atoms with Crippen LogP contribution in [0.15, 0.2) is 42.5 Å². The summed E-state index contributed by atoms with van der Waals surface area (Å²) in [6, 6.07) is 14.5. The standard InChI is InChI=1S/C16H19NO2/c1-3-17-16(18)19-12(2)11-14-9-6-8-13-7-4-5-10-15(13)14/h4-10,12H,3,11H2,1-2H3,(H,17,18). The Kier molecular flexibility index (Phi) is 4.39. The average Bonchev–Trinajstić information content (AvgIpc) is 2.39. The second kappa shape index (κ2) is 6.23. The van der Waals surface area contributed by atoms with Crippen LogP contribution in [-0.2, 0) is 11.2 Å². The highest BCUT2D eigenvalue weighted by Crippen LogP contribution is 2.20. The molecule has 1 atom stereocenters. The Bertz CT molecular complexity index is 560. The molecule has 0 bridgehead atoms. The summed E-state index contributed by atoms with van der Waals surface area (Å²) in [5.41, 5.74) is 1.20. The van der Waals surface area contributed by atoms with E-state index >= 15 is 0 Å². The lowest BCUT2D eigenvalue weighted by Crippen LogP contribution is -2.28. The second-order valence-electron chi connectivity index (χ2n) is 4.59. The number of benzene rings is 2. The van der Waals surface area contributed by atoms with Crippen molar-refractivity contribution in [3.05, 3.63) is 48.0 Å². The van der Waals surface area contributed by atoms with Gasteiger partial charge in [-0.05, 0) is 30.2 Å². The predicted octanol–water partition coefficient (Wildman–Crippen LogP) is 3.52. The lowest BCUT2D eigenvalue weighted by molar-refractivity contribution is 0.107. The molecule has 2 aromatic carbocycles. The number of hydrogen-bond donors (Lipinski definition) is 1. The molecule has 1 unspecified atom stereocenters. The van der Waals surface area contributed by atoms with Crippen molar-refractivity contribution in [1.82, 2.24) is 5.32 Å². The molecular weight excluding hydrogens is 238 g/mol. The van der Waals surface area contributed by atoms with Gasteiger partial charge in [0.05, 0.1) is 0 Å². The van der Waals surface area contributed by atoms with Gasteiger partial charge in [0.15, 0.2) is 0 Å². The van der Waals surface area contributed by atoms with E-state index < -0.39 is 0 Å². The summed E-state index contributed by atoms with van der Waals surface area (Å²) in [7, 11) is 0. The zero-order chi connectivity index (χ0) is 13.7. The molecule has 0 aliphatic heterocycles. The molecule has 2 rings (SSSR count). The van der Waals surface area contributed by atoms with Crippen LogP contribution in [-0.4, -0.2) is 18.7 Å². The number of alkyl carbamates (subject to hydrolysis) is 1. The van der Waals surface area contributed by atoms with Gasteiger partial charge in [-0.25, -0.2) is 4.79 Å². The van der Waals surface area contributed by atoms with Gasteiger partial charge in [0, 0.05) is 13.0 Å². The Morgan fingerprint density at radius 3 is 2.74 bits per heavy atom. The Morgan fingerprint density at radius 1 is 1.21 bits per heavy atom. The SMILES string of the molecule is CCNC(=O)OC(C)Cc1cccc2ccccc12. The molecule has 0 fully saturated rings. The van der Waals surface area contributed by atoms with Crippen molar-refractivity contribution in [2.45, 2.75) is 26.4 Å². The van der Waals surface area contributed by atoms with Crippen LogP contribution in [0.25, 0.3) is 10.8 Å². The van der Waals surface area contributed by atoms with Crippen molar-refractivity contribution in [3.8, 4) is 0 Å². The maximum atomic E-state index is 11.4. The second-order valence-corrected chi connectivity index (χ2v) is 4.59. The number of amides is 1. The van der Waals surface area contributed by atoms with Crippen LogP contribution in [0, 0.1) is 0 Å². The van der Waals surface area contributed by atoms with E-state index in [1.54, 1.807) is 0 Å². The van der Waals surface area contributed by atoms with Gasteiger partial charge in [0.2, 0.25) is 0 Å². The number of carbonyl (C=O) groups is 1. The molecule has 0 aromatic heterocycles. The van der Waals surface area contributed by atoms with E-state index in [1.807, 2.05) is 32.0 Å². The summed E-state index contributed by atoms with van der Waals surface area (Å²) in [6.07, 6.45) is 0.228. The zero-order valence-electron chi connectivity index (χ0n) is 11.3. The first-order valence-corrected chi connectivity index (χ1v) is 6.62. The molecule has 1 N–H and O–H groups in total. The fourth-order valence-corrected chi connectivity index (χ4v) is 2.19. The van der Waals surface area contributed by atoms with Crippen molar-refractivity contribution in [3.63, 3.8) is 0 Å². The lowest BCUT2D eigenvalue weighted by Gasteiger charge is -2.14. The zero-order valence-corrected chi connectivity index (χ0v) is 11.3. The summed E-state index contributed by atoms with van der Waals surface area (Å²) in [5.74, 6) is 0. The van der Waals surface area contributed by atoms with E-state index in [1.165, 1.54) is 16.3 Å². The first kappa shape index (κ1) is 13.4. The molecule has 0 radical (unpaired) electrons. The van der Waals surface area contributed by atoms with Crippen LogP contribution in [0.3, 0.4) is 0 Å². The van der Waals surface area contributed by atoms with Crippen molar-refractivity contribution < 1.29 is 9.53 Å². The van der Waals surface area contributed by atoms with Gasteiger partial charge < -0.3 is 10.1 Å². The van der Waals surface area contributed by atoms with E-state index in [0.29, 0.717) is 6.54 Å². The van der Waals surface area contributed by atoms with Gasteiger partial charge in [-0.2, -0.15) is 0 Å². The summed E-state index contributed by atoms with van der Waals surface area (Å²) >= 11 is 0. The highest BCUT2D eigenvalue weighted by molar-refractivity contribution is 5.85. The van der Waals surface area contributed by atoms with Gasteiger partial charge in [-0.1, -0.05) is 42.5 Å². The van der Waals surface area contributed by atoms with Crippen LogP contribution in [0.5, 0.6) is 0 Å². The number of carbonyl (C=O) groups excluding carboxylic acids is 1. The monoisotopic (exact) mass is 257 g/mol. The first-order chi connectivity index (χ1) is 9.20. The molecular formula is C16H19NO2. The van der Waals surface area contributed by atoms with Crippen molar-refractivity contribution in [2.75, 3.05) is 6.54 Å². The minimum Gasteiger partial charge on any atom is -0.446 e. The van der Waals surface area contributed by atoms with Gasteiger partial charge >= 0.3 is 6.09 Å². The van der Waals surface area contributed by atoms with Gasteiger partial charge in [0.1, 0.15) is 6.10 Å². The van der Waals surface area contributed by atoms with Crippen LogP contribution >= 0.6 is 0 Å². The van der Waals surface area contributed by atoms with Crippen molar-refractivity contribution >= 4 is 16.9 Å². The van der Waals surface area contributed by atoms with E-state index in [9.17, 15) is 4.79 Å². The smallest absolute Gasteiger partial charge is 0.407 e. The molecule has 0 aliphatic carbocycles. The van der Waals surface area contributed by atoms with Gasteiger partial charge in [0.25, 0.3) is 0 Å². The number of fused-ring (bicyclic) bond motifs is 1. The molecule has 0 heterocycles. The van der Waals surface area contributed by atoms with Crippen LogP contribution in [0.4, 0.5) is 4.79 Å². The number of rotatable bonds is 4. The quantitative estimate of drug-likeness (QED) is 0.910. The third-order valence-corrected chi connectivity index (χ3v) is 3.02. The summed E-state index contributed by atoms with van der Waals surface area (Å²) < 4.78 is 5.29. The number of ether oxygens (including phenoxy) is 1. The molecule has 0 saturated carbocycles. The molecule has 100 valence electrons. The molecule has 0 spiro atoms. The maximum absolute atomic E-state index is 11.4. The fraction of sp³-hybridized carbons (Fsp3) is 0.312. The van der Waals surface area contributed by atoms with Crippen LogP contribution in [0.2, 0.25) is 0 Å². The lowest BCUT2D eigenvalue weighted by atomic mass is 10.0. The van der Waals surface area contributed by atoms with Crippen molar-refractivity contribution in [1.29, 1.82) is 0 Å². The largest absolute Gasteiger partial charge is 0.446 e. The van der Waals surface area contributed by atoms with E-state index in [4.69, 9.17) is 4.74 Å². The fourth-order valence-electron chi connectivity index (χ4n) is 2.19. The Balaban J connectivity index is 2.10. The number of nitrogens with one attached hydrogen (secondary N) is 1. The minimum atomic E-state index is -0.352. The molecule has 1 amide bonds. The van der Waals surface area contributed by atoms with E-state index in [-0.39, 0.29) is 12.2 Å². The molecule has 19 heavy (non-hydrogen) atoms. The number of hydrogen-bond acceptors (Lipinski definition) is 2. The molecule has 3 nitrogen and oxygen atoms in total. The minimum absolute atomic E-state index is 0.141. The Morgan fingerprint density at radius 2 is 1.95 bits per heavy atom. The van der Waals surface area contributed by atoms with Gasteiger partial charge in [-0.15, -0.1) is 0 Å². The normalized spacial score (nSPS) is 12.1. The maximum Gasteiger partial charge on any atom is 0.407 e.